The molecular formula is C20H25FN4O2S. The van der Waals surface area contributed by atoms with Gasteiger partial charge in [-0.1, -0.05) is 23.9 Å². The fourth-order valence-corrected chi connectivity index (χ4v) is 4.15. The van der Waals surface area contributed by atoms with Crippen molar-refractivity contribution < 1.29 is 14.0 Å². The van der Waals surface area contributed by atoms with Crippen molar-refractivity contribution >= 4 is 23.5 Å². The first kappa shape index (κ1) is 20.5. The number of amides is 1. The third kappa shape index (κ3) is 5.19. The molecule has 1 aromatic heterocycles. The Labute approximate surface area is 168 Å². The molecule has 1 fully saturated rings. The number of halogens is 1. The Morgan fingerprint density at radius 3 is 2.64 bits per heavy atom. The fraction of sp³-hybridized carbons (Fsp3) is 0.500. The molecule has 0 unspecified atom stereocenters. The molecule has 0 saturated heterocycles. The highest BCUT2D eigenvalue weighted by Crippen LogP contribution is 2.41. The van der Waals surface area contributed by atoms with Crippen molar-refractivity contribution in [1.82, 2.24) is 20.1 Å². The summed E-state index contributed by atoms with van der Waals surface area (Å²) >= 11 is 1.44. The minimum Gasteiger partial charge on any atom is -0.351 e. The van der Waals surface area contributed by atoms with Crippen LogP contribution in [0.15, 0.2) is 29.4 Å². The summed E-state index contributed by atoms with van der Waals surface area (Å²) in [6.07, 6.45) is 2.64. The average Bonchev–Trinajstić information content (AvgIpc) is 3.34. The van der Waals surface area contributed by atoms with Crippen LogP contribution in [0, 0.1) is 5.82 Å². The van der Waals surface area contributed by atoms with Gasteiger partial charge in [-0.05, 0) is 45.7 Å². The molecule has 150 valence electrons. The number of nitrogens with one attached hydrogen (secondary N) is 1. The van der Waals surface area contributed by atoms with E-state index in [4.69, 9.17) is 0 Å². The number of hydrogen-bond donors (Lipinski definition) is 1. The van der Waals surface area contributed by atoms with E-state index < -0.39 is 5.54 Å². The topological polar surface area (TPSA) is 76.9 Å². The summed E-state index contributed by atoms with van der Waals surface area (Å²) in [5.74, 6) is 0.684. The molecule has 0 aliphatic heterocycles. The van der Waals surface area contributed by atoms with Crippen LogP contribution in [0.5, 0.6) is 0 Å². The molecule has 1 amide bonds. The zero-order valence-electron chi connectivity index (χ0n) is 16.4. The minimum absolute atomic E-state index is 0.0397. The number of carbonyl (C=O) groups is 2. The molecule has 0 bridgehead atoms. The van der Waals surface area contributed by atoms with Crippen molar-refractivity contribution in [3.8, 4) is 11.4 Å². The number of aromatic nitrogens is 3. The van der Waals surface area contributed by atoms with Crippen molar-refractivity contribution in [2.75, 3.05) is 5.75 Å². The van der Waals surface area contributed by atoms with Crippen molar-refractivity contribution in [2.45, 2.75) is 63.2 Å². The molecule has 1 aromatic carbocycles. The van der Waals surface area contributed by atoms with Gasteiger partial charge >= 0.3 is 0 Å². The SMILES string of the molecule is CC(=O)CC(C)(C)NC(=O)CCSc1nnc(-c2ccccc2F)n1C1CC1. The summed E-state index contributed by atoms with van der Waals surface area (Å²) in [6, 6.07) is 6.84. The summed E-state index contributed by atoms with van der Waals surface area (Å²) < 4.78 is 16.2. The van der Waals surface area contributed by atoms with E-state index in [9.17, 15) is 14.0 Å². The zero-order valence-corrected chi connectivity index (χ0v) is 17.2. The molecule has 0 radical (unpaired) electrons. The Morgan fingerprint density at radius 1 is 1.29 bits per heavy atom. The Balaban J connectivity index is 1.63. The zero-order chi connectivity index (χ0) is 20.3. The van der Waals surface area contributed by atoms with Crippen molar-refractivity contribution in [3.63, 3.8) is 0 Å². The molecule has 1 heterocycles. The maximum absolute atomic E-state index is 14.2. The Hall–Kier alpha value is -2.22. The van der Waals surface area contributed by atoms with Gasteiger partial charge in [0.2, 0.25) is 5.91 Å². The van der Waals surface area contributed by atoms with Crippen LogP contribution in [0.3, 0.4) is 0 Å². The number of benzene rings is 1. The highest BCUT2D eigenvalue weighted by atomic mass is 32.2. The predicted octanol–water partition coefficient (Wildman–Crippen LogP) is 3.78. The Kier molecular flexibility index (Phi) is 6.17. The number of rotatable bonds is 9. The van der Waals surface area contributed by atoms with E-state index in [-0.39, 0.29) is 23.5 Å². The molecule has 8 heteroatoms. The lowest BCUT2D eigenvalue weighted by Crippen LogP contribution is -2.44. The van der Waals surface area contributed by atoms with Crippen LogP contribution < -0.4 is 5.32 Å². The first-order valence-corrected chi connectivity index (χ1v) is 10.4. The fourth-order valence-electron chi connectivity index (χ4n) is 3.21. The molecule has 3 rings (SSSR count). The third-order valence-electron chi connectivity index (χ3n) is 4.42. The first-order valence-electron chi connectivity index (χ1n) is 9.40. The average molecular weight is 405 g/mol. The van der Waals surface area contributed by atoms with Crippen molar-refractivity contribution in [1.29, 1.82) is 0 Å². The van der Waals surface area contributed by atoms with Crippen LogP contribution in [-0.2, 0) is 9.59 Å². The van der Waals surface area contributed by atoms with Gasteiger partial charge in [-0.15, -0.1) is 10.2 Å². The van der Waals surface area contributed by atoms with E-state index in [0.29, 0.717) is 35.1 Å². The number of Topliss-reactive ketones (excluding diaryl/α,β-unsaturated/α-hetero) is 1. The minimum atomic E-state index is -0.556. The number of carbonyl (C=O) groups excluding carboxylic acids is 2. The monoisotopic (exact) mass is 404 g/mol. The van der Waals surface area contributed by atoms with Gasteiger partial charge in [0.15, 0.2) is 11.0 Å². The van der Waals surface area contributed by atoms with Crippen LogP contribution in [0.2, 0.25) is 0 Å². The van der Waals surface area contributed by atoms with E-state index in [1.165, 1.54) is 24.8 Å². The van der Waals surface area contributed by atoms with E-state index in [2.05, 4.69) is 15.5 Å². The van der Waals surface area contributed by atoms with Crippen LogP contribution in [0.4, 0.5) is 4.39 Å². The quantitative estimate of drug-likeness (QED) is 0.644. The van der Waals surface area contributed by atoms with Crippen LogP contribution in [0.25, 0.3) is 11.4 Å². The summed E-state index contributed by atoms with van der Waals surface area (Å²) in [4.78, 5) is 23.5. The highest BCUT2D eigenvalue weighted by molar-refractivity contribution is 7.99. The molecule has 1 saturated carbocycles. The number of thioether (sulfide) groups is 1. The van der Waals surface area contributed by atoms with Crippen LogP contribution >= 0.6 is 11.8 Å². The number of ketones is 1. The molecule has 6 nitrogen and oxygen atoms in total. The molecule has 28 heavy (non-hydrogen) atoms. The Morgan fingerprint density at radius 2 is 2.00 bits per heavy atom. The maximum Gasteiger partial charge on any atom is 0.221 e. The van der Waals surface area contributed by atoms with Gasteiger partial charge in [0.1, 0.15) is 11.6 Å². The molecule has 0 atom stereocenters. The van der Waals surface area contributed by atoms with Gasteiger partial charge in [0.25, 0.3) is 0 Å². The standard InChI is InChI=1S/C20H25FN4O2S/c1-13(26)12-20(2,3)22-17(27)10-11-28-19-24-23-18(25(19)14-8-9-14)15-6-4-5-7-16(15)21/h4-7,14H,8-12H2,1-3H3,(H,22,27). The molecule has 1 aliphatic carbocycles. The second-order valence-corrected chi connectivity index (χ2v) is 8.86. The van der Waals surface area contributed by atoms with Gasteiger partial charge in [0, 0.05) is 30.2 Å². The largest absolute Gasteiger partial charge is 0.351 e. The lowest BCUT2D eigenvalue weighted by Gasteiger charge is -2.25. The smallest absolute Gasteiger partial charge is 0.221 e. The van der Waals surface area contributed by atoms with Gasteiger partial charge in [0.05, 0.1) is 5.56 Å². The molecule has 0 spiro atoms. The van der Waals surface area contributed by atoms with Gasteiger partial charge < -0.3 is 5.32 Å². The highest BCUT2D eigenvalue weighted by Gasteiger charge is 2.31. The van der Waals surface area contributed by atoms with Crippen LogP contribution in [0.1, 0.15) is 52.5 Å². The predicted molar refractivity (Wildman–Crippen MR) is 107 cm³/mol. The summed E-state index contributed by atoms with van der Waals surface area (Å²) in [5, 5.41) is 12.1. The maximum atomic E-state index is 14.2. The molecule has 1 N–H and O–H groups in total. The molecule has 2 aromatic rings. The molecule has 1 aliphatic rings. The van der Waals surface area contributed by atoms with Gasteiger partial charge in [-0.2, -0.15) is 0 Å². The second kappa shape index (κ2) is 8.43. The summed E-state index contributed by atoms with van der Waals surface area (Å²) in [5.41, 5.74) is -0.114. The van der Waals surface area contributed by atoms with Gasteiger partial charge in [-0.3, -0.25) is 14.2 Å². The summed E-state index contributed by atoms with van der Waals surface area (Å²) in [7, 11) is 0. The number of nitrogens with zero attached hydrogens (tertiary/aromatic N) is 3. The lowest BCUT2D eigenvalue weighted by atomic mass is 9.98. The van der Waals surface area contributed by atoms with E-state index in [1.54, 1.807) is 18.2 Å². The third-order valence-corrected chi connectivity index (χ3v) is 5.37. The van der Waals surface area contributed by atoms with E-state index in [1.807, 2.05) is 18.4 Å². The van der Waals surface area contributed by atoms with E-state index >= 15 is 0 Å². The Bertz CT molecular complexity index is 877. The van der Waals surface area contributed by atoms with E-state index in [0.717, 1.165) is 12.8 Å². The first-order chi connectivity index (χ1) is 13.3. The normalized spacial score (nSPS) is 14.1. The number of hydrogen-bond acceptors (Lipinski definition) is 5. The van der Waals surface area contributed by atoms with Crippen molar-refractivity contribution in [3.05, 3.63) is 30.1 Å². The van der Waals surface area contributed by atoms with Crippen LogP contribution in [-0.4, -0.2) is 37.7 Å². The second-order valence-electron chi connectivity index (χ2n) is 7.80. The molecular weight excluding hydrogens is 379 g/mol. The lowest BCUT2D eigenvalue weighted by molar-refractivity contribution is -0.123. The van der Waals surface area contributed by atoms with Gasteiger partial charge in [-0.25, -0.2) is 4.39 Å². The van der Waals surface area contributed by atoms with Crippen molar-refractivity contribution in [2.24, 2.45) is 0 Å². The summed E-state index contributed by atoms with van der Waals surface area (Å²) in [6.45, 7) is 5.19.